The van der Waals surface area contributed by atoms with Crippen molar-refractivity contribution < 1.29 is 0 Å². The molecular formula is C14H28N2. The van der Waals surface area contributed by atoms with Crippen LogP contribution < -0.4 is 11.1 Å². The van der Waals surface area contributed by atoms with Gasteiger partial charge in [-0.3, -0.25) is 0 Å². The number of rotatable bonds is 6. The van der Waals surface area contributed by atoms with Crippen LogP contribution in [-0.4, -0.2) is 19.1 Å². The summed E-state index contributed by atoms with van der Waals surface area (Å²) in [6.07, 6.45) is 7.02. The van der Waals surface area contributed by atoms with Crippen LogP contribution in [0.3, 0.4) is 0 Å². The summed E-state index contributed by atoms with van der Waals surface area (Å²) in [5.74, 6) is 1.07. The largest absolute Gasteiger partial charge is 0.327 e. The van der Waals surface area contributed by atoms with E-state index >= 15 is 0 Å². The summed E-state index contributed by atoms with van der Waals surface area (Å²) in [6, 6.07) is 0.316. The Kier molecular flexibility index (Phi) is 3.33. The van der Waals surface area contributed by atoms with Crippen LogP contribution in [0.15, 0.2) is 0 Å². The van der Waals surface area contributed by atoms with Gasteiger partial charge in [0, 0.05) is 12.6 Å². The standard InChI is InChI=1S/C14H28N2/c1-13(2,3)12(15)6-9-16-10-14(7-8-14)11-4-5-11/h11-12,16H,4-10,15H2,1-3H3. The molecule has 2 aliphatic carbocycles. The Morgan fingerprint density at radius 3 is 2.38 bits per heavy atom. The molecule has 0 aromatic carbocycles. The molecule has 0 aromatic rings. The Balaban J connectivity index is 1.58. The van der Waals surface area contributed by atoms with E-state index in [0.717, 1.165) is 24.3 Å². The molecule has 2 saturated carbocycles. The molecule has 2 aliphatic rings. The summed E-state index contributed by atoms with van der Waals surface area (Å²) in [6.45, 7) is 9.01. The first-order chi connectivity index (χ1) is 7.44. The highest BCUT2D eigenvalue weighted by molar-refractivity contribution is 5.05. The maximum Gasteiger partial charge on any atom is 0.00997 e. The van der Waals surface area contributed by atoms with Crippen LogP contribution in [0.5, 0.6) is 0 Å². The molecule has 16 heavy (non-hydrogen) atoms. The Bertz CT molecular complexity index is 234. The third-order valence-corrected chi connectivity index (χ3v) is 4.56. The molecule has 0 radical (unpaired) electrons. The third-order valence-electron chi connectivity index (χ3n) is 4.56. The molecule has 1 unspecified atom stereocenters. The summed E-state index contributed by atoms with van der Waals surface area (Å²) in [4.78, 5) is 0. The van der Waals surface area contributed by atoms with Crippen LogP contribution in [0, 0.1) is 16.7 Å². The number of nitrogens with one attached hydrogen (secondary N) is 1. The Morgan fingerprint density at radius 2 is 1.94 bits per heavy atom. The van der Waals surface area contributed by atoms with Gasteiger partial charge in [-0.15, -0.1) is 0 Å². The molecule has 0 aliphatic heterocycles. The SMILES string of the molecule is CC(C)(C)C(N)CCNCC1(C2CC2)CC1. The van der Waals surface area contributed by atoms with E-state index in [1.807, 2.05) is 0 Å². The minimum absolute atomic E-state index is 0.245. The highest BCUT2D eigenvalue weighted by Crippen LogP contribution is 2.60. The molecule has 0 amide bonds. The minimum Gasteiger partial charge on any atom is -0.327 e. The quantitative estimate of drug-likeness (QED) is 0.680. The number of hydrogen-bond acceptors (Lipinski definition) is 2. The third kappa shape index (κ3) is 2.98. The fourth-order valence-electron chi connectivity index (χ4n) is 2.61. The second kappa shape index (κ2) is 4.30. The van der Waals surface area contributed by atoms with Crippen molar-refractivity contribution in [1.29, 1.82) is 0 Å². The first-order valence-electron chi connectivity index (χ1n) is 6.90. The molecule has 1 atom stereocenters. The van der Waals surface area contributed by atoms with Crippen LogP contribution in [0.25, 0.3) is 0 Å². The van der Waals surface area contributed by atoms with Crippen molar-refractivity contribution in [3.8, 4) is 0 Å². The van der Waals surface area contributed by atoms with Crippen LogP contribution >= 0.6 is 0 Å². The van der Waals surface area contributed by atoms with Gasteiger partial charge >= 0.3 is 0 Å². The zero-order valence-electron chi connectivity index (χ0n) is 11.2. The van der Waals surface area contributed by atoms with Crippen LogP contribution in [0.2, 0.25) is 0 Å². The molecule has 3 N–H and O–H groups in total. The van der Waals surface area contributed by atoms with Gasteiger partial charge in [0.25, 0.3) is 0 Å². The molecule has 0 heterocycles. The summed E-state index contributed by atoms with van der Waals surface area (Å²) >= 11 is 0. The van der Waals surface area contributed by atoms with Gasteiger partial charge in [0.1, 0.15) is 0 Å². The minimum atomic E-state index is 0.245. The zero-order valence-corrected chi connectivity index (χ0v) is 11.2. The van der Waals surface area contributed by atoms with Crippen molar-refractivity contribution in [1.82, 2.24) is 5.32 Å². The second-order valence-corrected chi connectivity index (χ2v) is 7.07. The van der Waals surface area contributed by atoms with Crippen LogP contribution in [0.1, 0.15) is 52.9 Å². The Hall–Kier alpha value is -0.0800. The fourth-order valence-corrected chi connectivity index (χ4v) is 2.61. The molecule has 94 valence electrons. The average molecular weight is 224 g/mol. The molecule has 0 bridgehead atoms. The monoisotopic (exact) mass is 224 g/mol. The first-order valence-corrected chi connectivity index (χ1v) is 6.90. The van der Waals surface area contributed by atoms with E-state index in [0.29, 0.717) is 6.04 Å². The van der Waals surface area contributed by atoms with Crippen molar-refractivity contribution in [3.63, 3.8) is 0 Å². The lowest BCUT2D eigenvalue weighted by Crippen LogP contribution is -2.38. The van der Waals surface area contributed by atoms with Gasteiger partial charge in [-0.25, -0.2) is 0 Å². The van der Waals surface area contributed by atoms with E-state index in [2.05, 4.69) is 26.1 Å². The lowest BCUT2D eigenvalue weighted by molar-refractivity contribution is 0.297. The predicted octanol–water partition coefficient (Wildman–Crippen LogP) is 2.53. The van der Waals surface area contributed by atoms with Crippen molar-refractivity contribution in [2.45, 2.75) is 58.9 Å². The van der Waals surface area contributed by atoms with Gasteiger partial charge in [-0.1, -0.05) is 20.8 Å². The highest BCUT2D eigenvalue weighted by Gasteiger charge is 2.53. The molecule has 0 spiro atoms. The Morgan fingerprint density at radius 1 is 1.31 bits per heavy atom. The van der Waals surface area contributed by atoms with E-state index in [1.165, 1.54) is 32.2 Å². The lowest BCUT2D eigenvalue weighted by Gasteiger charge is -2.27. The van der Waals surface area contributed by atoms with Crippen molar-refractivity contribution in [2.75, 3.05) is 13.1 Å². The van der Waals surface area contributed by atoms with Gasteiger partial charge in [0.2, 0.25) is 0 Å². The number of nitrogens with two attached hydrogens (primary N) is 1. The highest BCUT2D eigenvalue weighted by atomic mass is 14.9. The maximum absolute atomic E-state index is 6.15. The normalized spacial score (nSPS) is 25.5. The van der Waals surface area contributed by atoms with E-state index in [-0.39, 0.29) is 5.41 Å². The summed E-state index contributed by atoms with van der Waals surface area (Å²) in [5, 5.41) is 3.63. The topological polar surface area (TPSA) is 38.0 Å². The summed E-state index contributed by atoms with van der Waals surface area (Å²) < 4.78 is 0. The second-order valence-electron chi connectivity index (χ2n) is 7.07. The molecule has 2 fully saturated rings. The van der Waals surface area contributed by atoms with Gasteiger partial charge < -0.3 is 11.1 Å². The first kappa shape index (κ1) is 12.4. The summed E-state index contributed by atoms with van der Waals surface area (Å²) in [7, 11) is 0. The van der Waals surface area contributed by atoms with Crippen LogP contribution in [0.4, 0.5) is 0 Å². The smallest absolute Gasteiger partial charge is 0.00997 e. The average Bonchev–Trinajstić information content (AvgIpc) is 2.98. The van der Waals surface area contributed by atoms with Gasteiger partial charge in [-0.05, 0) is 55.4 Å². The van der Waals surface area contributed by atoms with E-state index in [9.17, 15) is 0 Å². The summed E-state index contributed by atoms with van der Waals surface area (Å²) in [5.41, 5.74) is 7.12. The molecule has 2 nitrogen and oxygen atoms in total. The van der Waals surface area contributed by atoms with E-state index in [1.54, 1.807) is 0 Å². The molecule has 2 rings (SSSR count). The zero-order chi connectivity index (χ0) is 11.8. The number of hydrogen-bond donors (Lipinski definition) is 2. The van der Waals surface area contributed by atoms with Gasteiger partial charge in [-0.2, -0.15) is 0 Å². The van der Waals surface area contributed by atoms with Gasteiger partial charge in [0.15, 0.2) is 0 Å². The van der Waals surface area contributed by atoms with E-state index in [4.69, 9.17) is 5.73 Å². The molecule has 2 heteroatoms. The van der Waals surface area contributed by atoms with Crippen molar-refractivity contribution >= 4 is 0 Å². The predicted molar refractivity (Wildman–Crippen MR) is 69.3 cm³/mol. The molecule has 0 saturated heterocycles. The Labute approximate surface area is 100 Å². The fraction of sp³-hybridized carbons (Fsp3) is 1.00. The lowest BCUT2D eigenvalue weighted by atomic mass is 9.85. The molecule has 0 aromatic heterocycles. The van der Waals surface area contributed by atoms with Crippen LogP contribution in [-0.2, 0) is 0 Å². The molecular weight excluding hydrogens is 196 g/mol. The van der Waals surface area contributed by atoms with Crippen molar-refractivity contribution in [3.05, 3.63) is 0 Å². The maximum atomic E-state index is 6.15. The van der Waals surface area contributed by atoms with Gasteiger partial charge in [0.05, 0.1) is 0 Å². The van der Waals surface area contributed by atoms with E-state index < -0.39 is 0 Å². The van der Waals surface area contributed by atoms with Crippen molar-refractivity contribution in [2.24, 2.45) is 22.5 Å².